The van der Waals surface area contributed by atoms with Crippen molar-refractivity contribution in [2.45, 2.75) is 17.7 Å². The zero-order valence-corrected chi connectivity index (χ0v) is 14.7. The van der Waals surface area contributed by atoms with Crippen molar-refractivity contribution in [2.24, 2.45) is 0 Å². The molecule has 0 atom stereocenters. The van der Waals surface area contributed by atoms with Gasteiger partial charge in [0.25, 0.3) is 11.8 Å². The van der Waals surface area contributed by atoms with Gasteiger partial charge in [0.05, 0.1) is 9.80 Å². The number of carbonyl (C=O) groups excluding carboxylic acids is 3. The highest BCUT2D eigenvalue weighted by molar-refractivity contribution is 7.96. The molecule has 2 amide bonds. The Bertz CT molecular complexity index is 1120. The van der Waals surface area contributed by atoms with Crippen LogP contribution in [0.25, 0.3) is 16.8 Å². The molecule has 2 aliphatic heterocycles. The van der Waals surface area contributed by atoms with Crippen molar-refractivity contribution in [3.63, 3.8) is 0 Å². The summed E-state index contributed by atoms with van der Waals surface area (Å²) in [6.07, 6.45) is 0.00835. The average molecular weight is 387 g/mol. The zero-order valence-electron chi connectivity index (χ0n) is 13.9. The summed E-state index contributed by atoms with van der Waals surface area (Å²) in [6.45, 7) is -0.569. The molecule has 0 N–H and O–H groups in total. The van der Waals surface area contributed by atoms with E-state index in [4.69, 9.17) is 4.74 Å². The Hall–Kier alpha value is -3.20. The van der Waals surface area contributed by atoms with Gasteiger partial charge in [-0.1, -0.05) is 41.5 Å². The molecule has 0 aliphatic carbocycles. The molecule has 4 rings (SSSR count). The van der Waals surface area contributed by atoms with Crippen LogP contribution in [0.5, 0.6) is 0 Å². The van der Waals surface area contributed by atoms with E-state index in [1.807, 2.05) is 12.1 Å². The third kappa shape index (κ3) is 2.85. The van der Waals surface area contributed by atoms with Crippen LogP contribution in [0.4, 0.5) is 4.79 Å². The van der Waals surface area contributed by atoms with Crippen molar-refractivity contribution in [2.75, 3.05) is 6.61 Å². The summed E-state index contributed by atoms with van der Waals surface area (Å²) < 4.78 is 30.5. The van der Waals surface area contributed by atoms with Gasteiger partial charge in [0, 0.05) is 18.2 Å². The molecule has 1 fully saturated rings. The van der Waals surface area contributed by atoms with Gasteiger partial charge >= 0.3 is 6.16 Å². The highest BCUT2D eigenvalue weighted by Crippen LogP contribution is 2.38. The summed E-state index contributed by atoms with van der Waals surface area (Å²) in [7, 11) is -3.84. The second-order valence-electron chi connectivity index (χ2n) is 6.03. The lowest BCUT2D eigenvalue weighted by Crippen LogP contribution is -2.32. The van der Waals surface area contributed by atoms with E-state index in [2.05, 4.69) is 4.84 Å². The molecule has 2 heterocycles. The van der Waals surface area contributed by atoms with Gasteiger partial charge in [0.15, 0.2) is 0 Å². The number of hydrogen-bond acceptors (Lipinski definition) is 7. The van der Waals surface area contributed by atoms with Crippen LogP contribution in [0, 0.1) is 0 Å². The number of ether oxygens (including phenoxy) is 1. The first-order valence-electron chi connectivity index (χ1n) is 8.06. The van der Waals surface area contributed by atoms with Crippen LogP contribution in [-0.2, 0) is 29.0 Å². The number of carbonyl (C=O) groups is 3. The molecule has 0 saturated carbocycles. The van der Waals surface area contributed by atoms with Gasteiger partial charge in [-0.3, -0.25) is 14.4 Å². The molecule has 9 heteroatoms. The van der Waals surface area contributed by atoms with Crippen LogP contribution in [0.1, 0.15) is 18.4 Å². The molecule has 138 valence electrons. The fourth-order valence-electron chi connectivity index (χ4n) is 3.06. The molecule has 0 radical (unpaired) electrons. The smallest absolute Gasteiger partial charge is 0.427 e. The minimum absolute atomic E-state index is 0.0476. The predicted octanol–water partition coefficient (Wildman–Crippen LogP) is 2.19. The van der Waals surface area contributed by atoms with Crippen LogP contribution in [0.2, 0.25) is 0 Å². The normalized spacial score (nSPS) is 17.8. The molecule has 2 aromatic carbocycles. The summed E-state index contributed by atoms with van der Waals surface area (Å²) in [5.74, 6) is -1.30. The Labute approximate surface area is 153 Å². The molecule has 0 aromatic heterocycles. The maximum atomic E-state index is 12.8. The van der Waals surface area contributed by atoms with Crippen molar-refractivity contribution in [3.05, 3.63) is 46.9 Å². The minimum atomic E-state index is -3.84. The Morgan fingerprint density at radius 3 is 2.48 bits per heavy atom. The Morgan fingerprint density at radius 2 is 1.74 bits per heavy atom. The standard InChI is InChI=1S/C18H13NO7S/c20-15-7-8-16(21)19(15)26-18(22)25-10-13-9-12-6-5-11-3-1-2-4-14(11)17(12)27(13,23)24/h1-6,9H,7-8,10H2. The molecule has 0 unspecified atom stereocenters. The highest BCUT2D eigenvalue weighted by Gasteiger charge is 2.35. The number of benzene rings is 2. The number of rotatable bonds is 3. The monoisotopic (exact) mass is 387 g/mol. The van der Waals surface area contributed by atoms with Crippen LogP contribution in [-0.4, -0.2) is 38.1 Å². The average Bonchev–Trinajstić information content (AvgIpc) is 3.10. The molecule has 8 nitrogen and oxygen atoms in total. The number of sulfone groups is 1. The van der Waals surface area contributed by atoms with Gasteiger partial charge in [-0.2, -0.15) is 0 Å². The molecule has 27 heavy (non-hydrogen) atoms. The lowest BCUT2D eigenvalue weighted by atomic mass is 10.1. The lowest BCUT2D eigenvalue weighted by molar-refractivity contribution is -0.176. The van der Waals surface area contributed by atoms with Crippen LogP contribution >= 0.6 is 0 Å². The number of amides is 2. The van der Waals surface area contributed by atoms with Gasteiger partial charge in [-0.15, -0.1) is 0 Å². The quantitative estimate of drug-likeness (QED) is 0.587. The maximum Gasteiger partial charge on any atom is 0.534 e. The van der Waals surface area contributed by atoms with Crippen LogP contribution in [0.3, 0.4) is 0 Å². The Balaban J connectivity index is 1.52. The van der Waals surface area contributed by atoms with Crippen LogP contribution in [0.15, 0.2) is 46.2 Å². The largest absolute Gasteiger partial charge is 0.534 e. The van der Waals surface area contributed by atoms with E-state index in [0.717, 1.165) is 5.39 Å². The van der Waals surface area contributed by atoms with Crippen molar-refractivity contribution in [1.29, 1.82) is 0 Å². The van der Waals surface area contributed by atoms with Crippen molar-refractivity contribution in [3.8, 4) is 0 Å². The summed E-state index contributed by atoms with van der Waals surface area (Å²) in [5.41, 5.74) is 0.505. The van der Waals surface area contributed by atoms with E-state index < -0.39 is 34.4 Å². The van der Waals surface area contributed by atoms with Gasteiger partial charge in [0.2, 0.25) is 9.84 Å². The highest BCUT2D eigenvalue weighted by atomic mass is 32.2. The van der Waals surface area contributed by atoms with Crippen LogP contribution < -0.4 is 0 Å². The second-order valence-corrected chi connectivity index (χ2v) is 7.97. The zero-order chi connectivity index (χ0) is 19.2. The Kier molecular flexibility index (Phi) is 3.96. The van der Waals surface area contributed by atoms with E-state index in [1.165, 1.54) is 6.08 Å². The topological polar surface area (TPSA) is 107 Å². The van der Waals surface area contributed by atoms with E-state index in [1.54, 1.807) is 24.3 Å². The molecule has 2 aliphatic rings. The van der Waals surface area contributed by atoms with Crippen molar-refractivity contribution < 1.29 is 32.4 Å². The summed E-state index contributed by atoms with van der Waals surface area (Å²) in [6, 6.07) is 10.6. The van der Waals surface area contributed by atoms with E-state index in [0.29, 0.717) is 16.0 Å². The second kappa shape index (κ2) is 6.20. The molecule has 0 spiro atoms. The first-order valence-corrected chi connectivity index (χ1v) is 9.54. The van der Waals surface area contributed by atoms with E-state index >= 15 is 0 Å². The molecule has 0 bridgehead atoms. The summed E-state index contributed by atoms with van der Waals surface area (Å²) >= 11 is 0. The van der Waals surface area contributed by atoms with Gasteiger partial charge in [0.1, 0.15) is 6.61 Å². The fourth-order valence-corrected chi connectivity index (χ4v) is 4.73. The third-order valence-corrected chi connectivity index (χ3v) is 6.26. The first kappa shape index (κ1) is 17.2. The maximum absolute atomic E-state index is 12.8. The first-order chi connectivity index (χ1) is 12.9. The van der Waals surface area contributed by atoms with E-state index in [-0.39, 0.29) is 22.6 Å². The molecule has 1 saturated heterocycles. The van der Waals surface area contributed by atoms with Crippen molar-refractivity contribution >= 4 is 44.7 Å². The number of hydrogen-bond donors (Lipinski definition) is 0. The third-order valence-electron chi connectivity index (χ3n) is 4.34. The molecular formula is C18H13NO7S. The lowest BCUT2D eigenvalue weighted by Gasteiger charge is -2.12. The Morgan fingerprint density at radius 1 is 1.04 bits per heavy atom. The van der Waals surface area contributed by atoms with E-state index in [9.17, 15) is 22.8 Å². The van der Waals surface area contributed by atoms with Gasteiger partial charge in [-0.25, -0.2) is 13.2 Å². The number of fused-ring (bicyclic) bond motifs is 3. The van der Waals surface area contributed by atoms with Gasteiger partial charge < -0.3 is 4.74 Å². The molecular weight excluding hydrogens is 374 g/mol. The van der Waals surface area contributed by atoms with Crippen molar-refractivity contribution in [1.82, 2.24) is 5.06 Å². The number of hydroxylamine groups is 2. The predicted molar refractivity (Wildman–Crippen MR) is 92.6 cm³/mol. The van der Waals surface area contributed by atoms with Gasteiger partial charge in [-0.05, 0) is 17.0 Å². The number of imide groups is 1. The fraction of sp³-hybridized carbons (Fsp3) is 0.167. The SMILES string of the molecule is O=C(OCC1=Cc2ccc3ccccc3c2S1(=O)=O)ON1C(=O)CCC1=O. The number of nitrogens with zero attached hydrogens (tertiary/aromatic N) is 1. The molecule has 2 aromatic rings. The summed E-state index contributed by atoms with van der Waals surface area (Å²) in [5, 5.41) is 1.69. The summed E-state index contributed by atoms with van der Waals surface area (Å²) in [4.78, 5) is 39.2. The minimum Gasteiger partial charge on any atom is -0.427 e.